The maximum atomic E-state index is 11.9. The van der Waals surface area contributed by atoms with Gasteiger partial charge in [0.2, 0.25) is 5.91 Å². The first-order valence-electron chi connectivity index (χ1n) is 7.29. The summed E-state index contributed by atoms with van der Waals surface area (Å²) in [5.74, 6) is -0.732. The molecule has 0 aliphatic heterocycles. The monoisotopic (exact) mass is 357 g/mol. The quantitative estimate of drug-likeness (QED) is 0.503. The highest BCUT2D eigenvalue weighted by atomic mass is 35.5. The molecule has 0 fully saturated rings. The Morgan fingerprint density at radius 3 is 2.54 bits per heavy atom. The van der Waals surface area contributed by atoms with Crippen LogP contribution >= 0.6 is 11.6 Å². The number of rotatable bonds is 9. The first-order chi connectivity index (χ1) is 11.4. The van der Waals surface area contributed by atoms with E-state index in [0.29, 0.717) is 22.9 Å². The molecule has 8 nitrogen and oxygen atoms in total. The zero-order valence-corrected chi connectivity index (χ0v) is 14.0. The zero-order valence-electron chi connectivity index (χ0n) is 13.2. The number of ether oxygens (including phenoxy) is 1. The number of amides is 3. The van der Waals surface area contributed by atoms with Crippen LogP contribution in [-0.4, -0.2) is 43.2 Å². The molecule has 4 N–H and O–H groups in total. The van der Waals surface area contributed by atoms with Crippen molar-refractivity contribution in [1.82, 2.24) is 10.6 Å². The molecule has 0 radical (unpaired) electrons. The summed E-state index contributed by atoms with van der Waals surface area (Å²) in [6.45, 7) is 0.392. The number of carbonyl (C=O) groups is 3. The van der Waals surface area contributed by atoms with Gasteiger partial charge in [0.25, 0.3) is 0 Å². The number of benzene rings is 1. The number of hydrogen-bond donors (Lipinski definition) is 4. The average Bonchev–Trinajstić information content (AvgIpc) is 2.51. The van der Waals surface area contributed by atoms with Gasteiger partial charge in [0.05, 0.1) is 12.8 Å². The second-order valence-corrected chi connectivity index (χ2v) is 5.26. The minimum absolute atomic E-state index is 0.00977. The van der Waals surface area contributed by atoms with Crippen LogP contribution in [0.4, 0.5) is 10.5 Å². The fraction of sp³-hybridized carbons (Fsp3) is 0.400. The van der Waals surface area contributed by atoms with Crippen molar-refractivity contribution in [3.63, 3.8) is 0 Å². The molecule has 0 saturated heterocycles. The molecule has 0 unspecified atom stereocenters. The van der Waals surface area contributed by atoms with Crippen LogP contribution in [0.15, 0.2) is 18.2 Å². The van der Waals surface area contributed by atoms with Crippen LogP contribution in [0, 0.1) is 0 Å². The van der Waals surface area contributed by atoms with Gasteiger partial charge in [0.15, 0.2) is 0 Å². The molecule has 1 rings (SSSR count). The SMILES string of the molecule is COc1ccc(Cl)cc1NC(=O)CCNC(=O)NCCCC(=O)O. The molecule has 0 atom stereocenters. The normalized spacial score (nSPS) is 9.92. The van der Waals surface area contributed by atoms with E-state index in [1.165, 1.54) is 7.11 Å². The molecule has 0 bridgehead atoms. The molecule has 0 heterocycles. The summed E-state index contributed by atoms with van der Waals surface area (Å²) in [5.41, 5.74) is 0.452. The van der Waals surface area contributed by atoms with E-state index in [-0.39, 0.29) is 31.8 Å². The van der Waals surface area contributed by atoms with Crippen LogP contribution in [0.5, 0.6) is 5.75 Å². The Morgan fingerprint density at radius 2 is 1.88 bits per heavy atom. The molecule has 1 aromatic rings. The predicted molar refractivity (Wildman–Crippen MR) is 89.5 cm³/mol. The number of carboxylic acid groups (broad SMARTS) is 1. The molecule has 0 saturated carbocycles. The maximum Gasteiger partial charge on any atom is 0.314 e. The Labute approximate surface area is 144 Å². The first-order valence-corrected chi connectivity index (χ1v) is 7.67. The molecule has 0 aliphatic carbocycles. The van der Waals surface area contributed by atoms with Crippen molar-refractivity contribution in [2.24, 2.45) is 0 Å². The fourth-order valence-corrected chi connectivity index (χ4v) is 1.96. The van der Waals surface area contributed by atoms with Crippen LogP contribution in [0.2, 0.25) is 5.02 Å². The predicted octanol–water partition coefficient (Wildman–Crippen LogP) is 1.84. The Hall–Kier alpha value is -2.48. The van der Waals surface area contributed by atoms with Crippen molar-refractivity contribution in [3.8, 4) is 5.75 Å². The first kappa shape index (κ1) is 19.6. The number of methoxy groups -OCH3 is 1. The Kier molecular flexibility index (Phi) is 8.42. The lowest BCUT2D eigenvalue weighted by Crippen LogP contribution is -2.37. The fourth-order valence-electron chi connectivity index (χ4n) is 1.78. The highest BCUT2D eigenvalue weighted by Crippen LogP contribution is 2.27. The van der Waals surface area contributed by atoms with Gasteiger partial charge in [-0.25, -0.2) is 4.79 Å². The molecule has 0 spiro atoms. The minimum atomic E-state index is -0.912. The Bertz CT molecular complexity index is 594. The largest absolute Gasteiger partial charge is 0.495 e. The van der Waals surface area contributed by atoms with E-state index < -0.39 is 12.0 Å². The lowest BCUT2D eigenvalue weighted by Gasteiger charge is -2.11. The van der Waals surface area contributed by atoms with Gasteiger partial charge in [-0.2, -0.15) is 0 Å². The lowest BCUT2D eigenvalue weighted by atomic mass is 10.2. The topological polar surface area (TPSA) is 117 Å². The molecule has 132 valence electrons. The molecule has 0 aliphatic rings. The highest BCUT2D eigenvalue weighted by Gasteiger charge is 2.09. The van der Waals surface area contributed by atoms with Crippen molar-refractivity contribution >= 4 is 35.2 Å². The molecular formula is C15H20ClN3O5. The van der Waals surface area contributed by atoms with Crippen molar-refractivity contribution in [1.29, 1.82) is 0 Å². The van der Waals surface area contributed by atoms with Crippen LogP contribution < -0.4 is 20.7 Å². The molecule has 0 aromatic heterocycles. The molecule has 1 aromatic carbocycles. The summed E-state index contributed by atoms with van der Waals surface area (Å²) in [6, 6.07) is 4.40. The average molecular weight is 358 g/mol. The van der Waals surface area contributed by atoms with E-state index in [1.54, 1.807) is 18.2 Å². The lowest BCUT2D eigenvalue weighted by molar-refractivity contribution is -0.137. The third-order valence-electron chi connectivity index (χ3n) is 2.93. The Morgan fingerprint density at radius 1 is 1.17 bits per heavy atom. The highest BCUT2D eigenvalue weighted by molar-refractivity contribution is 6.31. The van der Waals surface area contributed by atoms with Gasteiger partial charge >= 0.3 is 12.0 Å². The van der Waals surface area contributed by atoms with E-state index in [1.807, 2.05) is 0 Å². The van der Waals surface area contributed by atoms with Crippen molar-refractivity contribution in [3.05, 3.63) is 23.2 Å². The summed E-state index contributed by atoms with van der Waals surface area (Å²) in [5, 5.41) is 16.6. The van der Waals surface area contributed by atoms with Gasteiger partial charge in [-0.3, -0.25) is 9.59 Å². The van der Waals surface area contributed by atoms with Crippen molar-refractivity contribution in [2.45, 2.75) is 19.3 Å². The van der Waals surface area contributed by atoms with Crippen molar-refractivity contribution in [2.75, 3.05) is 25.5 Å². The number of halogens is 1. The Balaban J connectivity index is 2.28. The standard InChI is InChI=1S/C15H20ClN3O5/c1-24-12-5-4-10(16)9-11(12)19-13(20)6-8-18-15(23)17-7-2-3-14(21)22/h4-5,9H,2-3,6-8H2,1H3,(H,19,20)(H,21,22)(H2,17,18,23). The van der Waals surface area contributed by atoms with Crippen molar-refractivity contribution < 1.29 is 24.2 Å². The van der Waals surface area contributed by atoms with Gasteiger partial charge in [-0.1, -0.05) is 11.6 Å². The van der Waals surface area contributed by atoms with Crippen LogP contribution in [-0.2, 0) is 9.59 Å². The van der Waals surface area contributed by atoms with E-state index >= 15 is 0 Å². The number of aliphatic carboxylic acids is 1. The number of urea groups is 1. The number of nitrogens with one attached hydrogen (secondary N) is 3. The summed E-state index contributed by atoms with van der Waals surface area (Å²) in [7, 11) is 1.48. The van der Waals surface area contributed by atoms with Crippen LogP contribution in [0.25, 0.3) is 0 Å². The maximum absolute atomic E-state index is 11.9. The third-order valence-corrected chi connectivity index (χ3v) is 3.16. The third kappa shape index (κ3) is 7.68. The molecule has 9 heteroatoms. The smallest absolute Gasteiger partial charge is 0.314 e. The van der Waals surface area contributed by atoms with Gasteiger partial charge in [-0.05, 0) is 24.6 Å². The second-order valence-electron chi connectivity index (χ2n) is 4.82. The van der Waals surface area contributed by atoms with Gasteiger partial charge < -0.3 is 25.8 Å². The second kappa shape index (κ2) is 10.3. The number of anilines is 1. The summed E-state index contributed by atoms with van der Waals surface area (Å²) in [6.07, 6.45) is 0.403. The summed E-state index contributed by atoms with van der Waals surface area (Å²) < 4.78 is 5.12. The molecular weight excluding hydrogens is 338 g/mol. The number of hydrogen-bond acceptors (Lipinski definition) is 4. The van der Waals surface area contributed by atoms with E-state index in [4.69, 9.17) is 21.4 Å². The molecule has 3 amide bonds. The zero-order chi connectivity index (χ0) is 17.9. The number of carbonyl (C=O) groups excluding carboxylic acids is 2. The summed E-state index contributed by atoms with van der Waals surface area (Å²) in [4.78, 5) is 33.6. The van der Waals surface area contributed by atoms with Gasteiger partial charge in [0.1, 0.15) is 5.75 Å². The minimum Gasteiger partial charge on any atom is -0.495 e. The molecule has 24 heavy (non-hydrogen) atoms. The van der Waals surface area contributed by atoms with E-state index in [0.717, 1.165) is 0 Å². The summed E-state index contributed by atoms with van der Waals surface area (Å²) >= 11 is 5.87. The van der Waals surface area contributed by atoms with Gasteiger partial charge in [0, 0.05) is 31.0 Å². The van der Waals surface area contributed by atoms with Gasteiger partial charge in [-0.15, -0.1) is 0 Å². The van der Waals surface area contributed by atoms with E-state index in [9.17, 15) is 14.4 Å². The van der Waals surface area contributed by atoms with Crippen LogP contribution in [0.1, 0.15) is 19.3 Å². The number of carboxylic acids is 1. The van der Waals surface area contributed by atoms with Crippen LogP contribution in [0.3, 0.4) is 0 Å². The van der Waals surface area contributed by atoms with E-state index in [2.05, 4.69) is 16.0 Å².